The van der Waals surface area contributed by atoms with Gasteiger partial charge in [0.25, 0.3) is 0 Å². The maximum atomic E-state index is 9.64. The van der Waals surface area contributed by atoms with Crippen LogP contribution in [0.15, 0.2) is 37.4 Å². The van der Waals surface area contributed by atoms with Gasteiger partial charge < -0.3 is 20.2 Å². The number of hydrogen-bond donors (Lipinski definition) is 4. The molecule has 0 aliphatic heterocycles. The second kappa shape index (κ2) is 10.9. The Labute approximate surface area is 103 Å². The number of aromatic amines is 2. The molecule has 0 amide bonds. The Kier molecular flexibility index (Phi) is 9.27. The minimum Gasteiger partial charge on any atom is -0.481 e. The van der Waals surface area contributed by atoms with Crippen molar-refractivity contribution < 1.29 is 19.8 Å². The van der Waals surface area contributed by atoms with E-state index in [4.69, 9.17) is 10.2 Å². The molecule has 0 aliphatic rings. The van der Waals surface area contributed by atoms with E-state index in [1.807, 2.05) is 0 Å². The van der Waals surface area contributed by atoms with Crippen molar-refractivity contribution >= 4 is 11.9 Å². The van der Waals surface area contributed by atoms with Crippen LogP contribution >= 0.6 is 0 Å². The summed E-state index contributed by atoms with van der Waals surface area (Å²) in [6.07, 6.45) is 9.57. The van der Waals surface area contributed by atoms with Crippen molar-refractivity contribution in [3.8, 4) is 0 Å². The Hall–Kier alpha value is -2.64. The summed E-state index contributed by atoms with van der Waals surface area (Å²) in [5.41, 5.74) is 0. The first kappa shape index (κ1) is 15.4. The van der Waals surface area contributed by atoms with E-state index in [0.29, 0.717) is 0 Å². The third-order valence-corrected chi connectivity index (χ3v) is 1.36. The fourth-order valence-electron chi connectivity index (χ4n) is 0.644. The van der Waals surface area contributed by atoms with Crippen molar-refractivity contribution in [1.82, 2.24) is 19.9 Å². The number of nitrogens with one attached hydrogen (secondary N) is 2. The van der Waals surface area contributed by atoms with Gasteiger partial charge in [-0.25, -0.2) is 9.97 Å². The maximum Gasteiger partial charge on any atom is 0.303 e. The molecule has 18 heavy (non-hydrogen) atoms. The van der Waals surface area contributed by atoms with Gasteiger partial charge in [0, 0.05) is 24.8 Å². The number of carbonyl (C=O) groups is 2. The Morgan fingerprint density at radius 3 is 1.39 bits per heavy atom. The Morgan fingerprint density at radius 1 is 0.889 bits per heavy atom. The number of nitrogens with zero attached hydrogens (tertiary/aromatic N) is 2. The van der Waals surface area contributed by atoms with Crippen LogP contribution in [0.2, 0.25) is 0 Å². The summed E-state index contributed by atoms with van der Waals surface area (Å²) in [5.74, 6) is -2.15. The standard InChI is InChI=1S/C4H6O4.2C3H4N2/c5-3(6)1-2-4(7)8;2*1-2-5-3-4-1/h1-2H2,(H,5,6)(H,7,8);2*1-3H,(H,4,5). The highest BCUT2D eigenvalue weighted by Crippen LogP contribution is 1.86. The molecule has 0 saturated carbocycles. The van der Waals surface area contributed by atoms with Crippen molar-refractivity contribution in [2.45, 2.75) is 12.8 Å². The summed E-state index contributed by atoms with van der Waals surface area (Å²) < 4.78 is 0. The molecule has 0 spiro atoms. The molecule has 0 atom stereocenters. The molecular formula is C10H14N4O4. The van der Waals surface area contributed by atoms with Crippen LogP contribution < -0.4 is 0 Å². The van der Waals surface area contributed by atoms with Crippen LogP contribution in [0.3, 0.4) is 0 Å². The van der Waals surface area contributed by atoms with Gasteiger partial charge in [-0.15, -0.1) is 0 Å². The van der Waals surface area contributed by atoms with E-state index >= 15 is 0 Å². The molecule has 8 nitrogen and oxygen atoms in total. The highest BCUT2D eigenvalue weighted by atomic mass is 16.4. The Balaban J connectivity index is 0.000000250. The molecule has 0 fully saturated rings. The van der Waals surface area contributed by atoms with Gasteiger partial charge in [-0.2, -0.15) is 0 Å². The van der Waals surface area contributed by atoms with Crippen LogP contribution in [0.5, 0.6) is 0 Å². The van der Waals surface area contributed by atoms with Gasteiger partial charge in [0.2, 0.25) is 0 Å². The third kappa shape index (κ3) is 13.4. The van der Waals surface area contributed by atoms with Crippen molar-refractivity contribution in [3.63, 3.8) is 0 Å². The minimum absolute atomic E-state index is 0.296. The molecule has 2 rings (SSSR count). The largest absolute Gasteiger partial charge is 0.481 e. The lowest BCUT2D eigenvalue weighted by Gasteiger charge is -1.85. The second-order valence-corrected chi connectivity index (χ2v) is 2.81. The zero-order valence-corrected chi connectivity index (χ0v) is 9.48. The third-order valence-electron chi connectivity index (χ3n) is 1.36. The van der Waals surface area contributed by atoms with E-state index in [2.05, 4.69) is 19.9 Å². The van der Waals surface area contributed by atoms with Crippen LogP contribution in [0, 0.1) is 0 Å². The lowest BCUT2D eigenvalue weighted by Crippen LogP contribution is -2.00. The normalized spacial score (nSPS) is 8.22. The fraction of sp³-hybridized carbons (Fsp3) is 0.200. The van der Waals surface area contributed by atoms with E-state index in [-0.39, 0.29) is 12.8 Å². The van der Waals surface area contributed by atoms with Crippen molar-refractivity contribution in [1.29, 1.82) is 0 Å². The predicted octanol–water partition coefficient (Wildman–Crippen LogP) is 0.755. The molecule has 2 heterocycles. The number of imidazole rings is 2. The molecule has 0 radical (unpaired) electrons. The predicted molar refractivity (Wildman–Crippen MR) is 61.7 cm³/mol. The molecular weight excluding hydrogens is 240 g/mol. The Morgan fingerprint density at radius 2 is 1.28 bits per heavy atom. The van der Waals surface area contributed by atoms with Gasteiger partial charge in [-0.05, 0) is 0 Å². The van der Waals surface area contributed by atoms with Crippen LogP contribution in [-0.2, 0) is 9.59 Å². The fourth-order valence-corrected chi connectivity index (χ4v) is 0.644. The molecule has 0 aromatic carbocycles. The van der Waals surface area contributed by atoms with E-state index in [9.17, 15) is 9.59 Å². The van der Waals surface area contributed by atoms with E-state index in [1.165, 1.54) is 0 Å². The molecule has 8 heteroatoms. The zero-order valence-electron chi connectivity index (χ0n) is 9.48. The summed E-state index contributed by atoms with van der Waals surface area (Å²) in [4.78, 5) is 32.1. The number of rotatable bonds is 3. The maximum absolute atomic E-state index is 9.64. The molecule has 98 valence electrons. The summed E-state index contributed by atoms with van der Waals surface area (Å²) in [7, 11) is 0. The van der Waals surface area contributed by atoms with Gasteiger partial charge in [0.05, 0.1) is 25.5 Å². The van der Waals surface area contributed by atoms with Gasteiger partial charge in [0.1, 0.15) is 0 Å². The number of H-pyrrole nitrogens is 2. The molecule has 0 unspecified atom stereocenters. The first-order valence-electron chi connectivity index (χ1n) is 4.92. The highest BCUT2D eigenvalue weighted by Gasteiger charge is 2.00. The first-order valence-corrected chi connectivity index (χ1v) is 4.92. The number of carboxylic acids is 2. The van der Waals surface area contributed by atoms with Crippen LogP contribution in [-0.4, -0.2) is 42.1 Å². The number of aliphatic carboxylic acids is 2. The zero-order chi connectivity index (χ0) is 13.6. The Bertz CT molecular complexity index is 325. The summed E-state index contributed by atoms with van der Waals surface area (Å²) in [6.45, 7) is 0. The topological polar surface area (TPSA) is 132 Å². The number of carboxylic acid groups (broad SMARTS) is 2. The van der Waals surface area contributed by atoms with Crippen LogP contribution in [0.25, 0.3) is 0 Å². The van der Waals surface area contributed by atoms with Gasteiger partial charge >= 0.3 is 11.9 Å². The lowest BCUT2D eigenvalue weighted by atomic mass is 10.3. The molecule has 0 saturated heterocycles. The molecule has 4 N–H and O–H groups in total. The minimum atomic E-state index is -1.08. The second-order valence-electron chi connectivity index (χ2n) is 2.81. The molecule has 2 aromatic rings. The van der Waals surface area contributed by atoms with Gasteiger partial charge in [0.15, 0.2) is 0 Å². The number of aromatic nitrogens is 4. The first-order chi connectivity index (χ1) is 8.63. The number of hydrogen-bond acceptors (Lipinski definition) is 4. The van der Waals surface area contributed by atoms with E-state index in [1.54, 1.807) is 37.4 Å². The smallest absolute Gasteiger partial charge is 0.303 e. The average Bonchev–Trinajstić information content (AvgIpc) is 3.03. The van der Waals surface area contributed by atoms with Crippen molar-refractivity contribution in [2.24, 2.45) is 0 Å². The summed E-state index contributed by atoms with van der Waals surface area (Å²) in [5, 5.41) is 15.8. The monoisotopic (exact) mass is 254 g/mol. The van der Waals surface area contributed by atoms with Crippen molar-refractivity contribution in [3.05, 3.63) is 37.4 Å². The summed E-state index contributed by atoms with van der Waals surface area (Å²) >= 11 is 0. The molecule has 2 aromatic heterocycles. The lowest BCUT2D eigenvalue weighted by molar-refractivity contribution is -0.143. The molecule has 0 bridgehead atoms. The quantitative estimate of drug-likeness (QED) is 0.639. The average molecular weight is 254 g/mol. The molecule has 0 aliphatic carbocycles. The highest BCUT2D eigenvalue weighted by molar-refractivity contribution is 5.75. The van der Waals surface area contributed by atoms with Crippen LogP contribution in [0.4, 0.5) is 0 Å². The summed E-state index contributed by atoms with van der Waals surface area (Å²) in [6, 6.07) is 0. The van der Waals surface area contributed by atoms with Crippen LogP contribution in [0.1, 0.15) is 12.8 Å². The van der Waals surface area contributed by atoms with E-state index in [0.717, 1.165) is 0 Å². The van der Waals surface area contributed by atoms with E-state index < -0.39 is 11.9 Å². The van der Waals surface area contributed by atoms with Gasteiger partial charge in [-0.1, -0.05) is 0 Å². The SMILES string of the molecule is O=C(O)CCC(=O)O.c1c[nH]cn1.c1c[nH]cn1. The van der Waals surface area contributed by atoms with Crippen molar-refractivity contribution in [2.75, 3.05) is 0 Å². The van der Waals surface area contributed by atoms with Gasteiger partial charge in [-0.3, -0.25) is 9.59 Å².